The van der Waals surface area contributed by atoms with E-state index in [2.05, 4.69) is 10.4 Å². The third kappa shape index (κ3) is 3.71. The number of Topliss-reactive ketones (excluding diaryl/α,β-unsaturated/α-hetero) is 1. The standard InChI is InChI=1S/C18H21N3O3/c1-19-18(23)15-10-16(17(22)9-14-7-8-24-12-14)21(20-15)11-13-5-3-2-4-6-13/h2-6,10,14H,7-9,11-12H2,1H3,(H,19,23). The molecule has 1 aromatic heterocycles. The average Bonchev–Trinajstić information content (AvgIpc) is 3.25. The number of aromatic nitrogens is 2. The van der Waals surface area contributed by atoms with Gasteiger partial charge in [0.15, 0.2) is 11.5 Å². The van der Waals surface area contributed by atoms with Gasteiger partial charge in [-0.15, -0.1) is 0 Å². The summed E-state index contributed by atoms with van der Waals surface area (Å²) in [6.45, 7) is 1.80. The Morgan fingerprint density at radius 1 is 1.33 bits per heavy atom. The molecular formula is C18H21N3O3. The molecule has 1 unspecified atom stereocenters. The maximum atomic E-state index is 12.7. The highest BCUT2D eigenvalue weighted by molar-refractivity contribution is 5.98. The first-order valence-electron chi connectivity index (χ1n) is 8.12. The number of nitrogens with zero attached hydrogens (tertiary/aromatic N) is 2. The Morgan fingerprint density at radius 3 is 2.79 bits per heavy atom. The van der Waals surface area contributed by atoms with E-state index >= 15 is 0 Å². The third-order valence-corrected chi connectivity index (χ3v) is 4.20. The highest BCUT2D eigenvalue weighted by atomic mass is 16.5. The number of ketones is 1. The van der Waals surface area contributed by atoms with Gasteiger partial charge >= 0.3 is 0 Å². The summed E-state index contributed by atoms with van der Waals surface area (Å²) in [5, 5.41) is 6.88. The number of carbonyl (C=O) groups excluding carboxylic acids is 2. The number of hydrogen-bond donors (Lipinski definition) is 1. The molecule has 0 bridgehead atoms. The van der Waals surface area contributed by atoms with Crippen LogP contribution in [0.2, 0.25) is 0 Å². The third-order valence-electron chi connectivity index (χ3n) is 4.20. The molecule has 0 spiro atoms. The molecular weight excluding hydrogens is 306 g/mol. The van der Waals surface area contributed by atoms with Crippen molar-refractivity contribution in [3.05, 3.63) is 53.3 Å². The monoisotopic (exact) mass is 327 g/mol. The van der Waals surface area contributed by atoms with E-state index in [0.717, 1.165) is 12.0 Å². The molecule has 1 atom stereocenters. The number of benzene rings is 1. The highest BCUT2D eigenvalue weighted by Crippen LogP contribution is 2.20. The van der Waals surface area contributed by atoms with Crippen molar-refractivity contribution in [1.82, 2.24) is 15.1 Å². The molecule has 24 heavy (non-hydrogen) atoms. The number of rotatable bonds is 6. The molecule has 0 aliphatic carbocycles. The summed E-state index contributed by atoms with van der Waals surface area (Å²) in [6, 6.07) is 11.3. The van der Waals surface area contributed by atoms with Crippen molar-refractivity contribution in [2.45, 2.75) is 19.4 Å². The van der Waals surface area contributed by atoms with E-state index in [4.69, 9.17) is 4.74 Å². The second-order valence-electron chi connectivity index (χ2n) is 5.99. The molecule has 3 rings (SSSR count). The molecule has 6 heteroatoms. The van der Waals surface area contributed by atoms with Crippen LogP contribution in [0.1, 0.15) is 39.4 Å². The van der Waals surface area contributed by atoms with Crippen LogP contribution in [0, 0.1) is 5.92 Å². The van der Waals surface area contributed by atoms with Gasteiger partial charge in [0.25, 0.3) is 5.91 Å². The number of nitrogens with one attached hydrogen (secondary N) is 1. The van der Waals surface area contributed by atoms with Gasteiger partial charge in [-0.1, -0.05) is 30.3 Å². The zero-order valence-corrected chi connectivity index (χ0v) is 13.7. The second-order valence-corrected chi connectivity index (χ2v) is 5.99. The van der Waals surface area contributed by atoms with Crippen molar-refractivity contribution < 1.29 is 14.3 Å². The smallest absolute Gasteiger partial charge is 0.271 e. The number of ether oxygens (including phenoxy) is 1. The molecule has 1 N–H and O–H groups in total. The lowest BCUT2D eigenvalue weighted by atomic mass is 10.00. The van der Waals surface area contributed by atoms with Crippen molar-refractivity contribution in [2.75, 3.05) is 20.3 Å². The van der Waals surface area contributed by atoms with Crippen molar-refractivity contribution in [1.29, 1.82) is 0 Å². The Morgan fingerprint density at radius 2 is 2.12 bits per heavy atom. The Hall–Kier alpha value is -2.47. The van der Waals surface area contributed by atoms with Crippen LogP contribution in [-0.4, -0.2) is 41.7 Å². The lowest BCUT2D eigenvalue weighted by molar-refractivity contribution is 0.0939. The molecule has 1 aliphatic rings. The molecule has 0 saturated carbocycles. The van der Waals surface area contributed by atoms with Gasteiger partial charge in [-0.3, -0.25) is 14.3 Å². The van der Waals surface area contributed by atoms with Crippen molar-refractivity contribution in [3.63, 3.8) is 0 Å². The maximum Gasteiger partial charge on any atom is 0.271 e. The van der Waals surface area contributed by atoms with Gasteiger partial charge in [0.05, 0.1) is 6.54 Å². The van der Waals surface area contributed by atoms with E-state index in [1.165, 1.54) is 0 Å². The molecule has 1 fully saturated rings. The first-order chi connectivity index (χ1) is 11.7. The molecule has 1 aromatic carbocycles. The van der Waals surface area contributed by atoms with Crippen LogP contribution in [0.4, 0.5) is 0 Å². The van der Waals surface area contributed by atoms with Crippen LogP contribution < -0.4 is 5.32 Å². The number of carbonyl (C=O) groups is 2. The summed E-state index contributed by atoms with van der Waals surface area (Å²) in [5.74, 6) is -0.0369. The van der Waals surface area contributed by atoms with Gasteiger partial charge in [0.2, 0.25) is 0 Å². The van der Waals surface area contributed by atoms with Gasteiger partial charge < -0.3 is 10.1 Å². The largest absolute Gasteiger partial charge is 0.381 e. The maximum absolute atomic E-state index is 12.7. The van der Waals surface area contributed by atoms with Gasteiger partial charge in [-0.25, -0.2) is 0 Å². The molecule has 1 aliphatic heterocycles. The van der Waals surface area contributed by atoms with E-state index in [0.29, 0.717) is 31.9 Å². The van der Waals surface area contributed by atoms with E-state index in [-0.39, 0.29) is 23.3 Å². The molecule has 1 saturated heterocycles. The van der Waals surface area contributed by atoms with Crippen LogP contribution in [-0.2, 0) is 11.3 Å². The molecule has 2 aromatic rings. The van der Waals surface area contributed by atoms with Crippen molar-refractivity contribution in [3.8, 4) is 0 Å². The van der Waals surface area contributed by atoms with Gasteiger partial charge in [-0.2, -0.15) is 5.10 Å². The van der Waals surface area contributed by atoms with Crippen LogP contribution in [0.25, 0.3) is 0 Å². The molecule has 6 nitrogen and oxygen atoms in total. The fraction of sp³-hybridized carbons (Fsp3) is 0.389. The minimum atomic E-state index is -0.292. The van der Waals surface area contributed by atoms with Gasteiger partial charge in [-0.05, 0) is 17.9 Å². The predicted octanol–water partition coefficient (Wildman–Crippen LogP) is 1.90. The Bertz CT molecular complexity index is 718. The van der Waals surface area contributed by atoms with Crippen LogP contribution in [0.5, 0.6) is 0 Å². The predicted molar refractivity (Wildman–Crippen MR) is 89.0 cm³/mol. The Kier molecular flexibility index (Phi) is 5.05. The lowest BCUT2D eigenvalue weighted by Gasteiger charge is -2.09. The minimum absolute atomic E-state index is 0.00378. The molecule has 126 valence electrons. The summed E-state index contributed by atoms with van der Waals surface area (Å²) >= 11 is 0. The zero-order chi connectivity index (χ0) is 16.9. The SMILES string of the molecule is CNC(=O)c1cc(C(=O)CC2CCOC2)n(Cc2ccccc2)n1. The normalized spacial score (nSPS) is 17.0. The minimum Gasteiger partial charge on any atom is -0.381 e. The quantitative estimate of drug-likeness (QED) is 0.823. The molecule has 0 radical (unpaired) electrons. The van der Waals surface area contributed by atoms with Gasteiger partial charge in [0.1, 0.15) is 5.69 Å². The fourth-order valence-electron chi connectivity index (χ4n) is 2.87. The Balaban J connectivity index is 1.85. The molecule has 2 heterocycles. The van der Waals surface area contributed by atoms with E-state index in [9.17, 15) is 9.59 Å². The van der Waals surface area contributed by atoms with Crippen LogP contribution in [0.15, 0.2) is 36.4 Å². The van der Waals surface area contributed by atoms with E-state index in [1.54, 1.807) is 17.8 Å². The first kappa shape index (κ1) is 16.4. The topological polar surface area (TPSA) is 73.2 Å². The van der Waals surface area contributed by atoms with E-state index in [1.807, 2.05) is 30.3 Å². The summed E-state index contributed by atoms with van der Waals surface area (Å²) in [4.78, 5) is 24.6. The summed E-state index contributed by atoms with van der Waals surface area (Å²) in [5.41, 5.74) is 1.77. The lowest BCUT2D eigenvalue weighted by Crippen LogP contribution is -2.18. The number of hydrogen-bond acceptors (Lipinski definition) is 4. The van der Waals surface area contributed by atoms with Gasteiger partial charge in [0, 0.05) is 32.7 Å². The van der Waals surface area contributed by atoms with E-state index < -0.39 is 0 Å². The average molecular weight is 327 g/mol. The fourth-order valence-corrected chi connectivity index (χ4v) is 2.87. The second kappa shape index (κ2) is 7.40. The first-order valence-corrected chi connectivity index (χ1v) is 8.12. The van der Waals surface area contributed by atoms with Crippen LogP contribution >= 0.6 is 0 Å². The Labute approximate surface area is 140 Å². The van der Waals surface area contributed by atoms with Crippen LogP contribution in [0.3, 0.4) is 0 Å². The number of amides is 1. The summed E-state index contributed by atoms with van der Waals surface area (Å²) in [7, 11) is 1.55. The highest BCUT2D eigenvalue weighted by Gasteiger charge is 2.24. The zero-order valence-electron chi connectivity index (χ0n) is 13.7. The summed E-state index contributed by atoms with van der Waals surface area (Å²) in [6.07, 6.45) is 1.33. The molecule has 1 amide bonds. The van der Waals surface area contributed by atoms with Crippen molar-refractivity contribution in [2.24, 2.45) is 5.92 Å². The van der Waals surface area contributed by atoms with Crippen molar-refractivity contribution >= 4 is 11.7 Å². The summed E-state index contributed by atoms with van der Waals surface area (Å²) < 4.78 is 6.96.